The highest BCUT2D eigenvalue weighted by Gasteiger charge is 2.02. The summed E-state index contributed by atoms with van der Waals surface area (Å²) in [6, 6.07) is 10.5. The molecule has 23 heavy (non-hydrogen) atoms. The molecule has 1 aromatic carbocycles. The molecule has 0 aliphatic rings. The van der Waals surface area contributed by atoms with E-state index in [-0.39, 0.29) is 0 Å². The number of rotatable bonds is 12. The number of imidazole rings is 1. The molecule has 0 aliphatic carbocycles. The first-order valence-electron chi connectivity index (χ1n) is 9.45. The van der Waals surface area contributed by atoms with Gasteiger partial charge in [0.1, 0.15) is 5.82 Å². The van der Waals surface area contributed by atoms with E-state index in [1.807, 2.05) is 6.20 Å². The van der Waals surface area contributed by atoms with E-state index in [1.54, 1.807) is 0 Å². The first-order valence-corrected chi connectivity index (χ1v) is 9.45. The molecule has 1 aromatic heterocycles. The summed E-state index contributed by atoms with van der Waals surface area (Å²) in [7, 11) is 0. The topological polar surface area (TPSA) is 28.7 Å². The van der Waals surface area contributed by atoms with Crippen molar-refractivity contribution in [3.63, 3.8) is 0 Å². The third kappa shape index (κ3) is 7.49. The standard InChI is InChI=1S/C21H32N2/c1-2-3-4-5-6-7-8-9-13-16-20-18-22-21(23-20)17-19-14-11-10-12-15-19/h10-12,14-15,18H,2-9,13,16-17H2,1H3,(H,22,23). The van der Waals surface area contributed by atoms with Gasteiger partial charge in [0.05, 0.1) is 0 Å². The summed E-state index contributed by atoms with van der Waals surface area (Å²) in [4.78, 5) is 7.99. The SMILES string of the molecule is CCCCCCCCCCCc1cnc(Cc2ccccc2)[nH]1. The van der Waals surface area contributed by atoms with Gasteiger partial charge in [-0.25, -0.2) is 4.98 Å². The summed E-state index contributed by atoms with van der Waals surface area (Å²) in [6.45, 7) is 2.28. The predicted octanol–water partition coefficient (Wildman–Crippen LogP) is 6.07. The van der Waals surface area contributed by atoms with Gasteiger partial charge in [0.2, 0.25) is 0 Å². The fourth-order valence-corrected chi connectivity index (χ4v) is 3.04. The number of unbranched alkanes of at least 4 members (excludes halogenated alkanes) is 8. The monoisotopic (exact) mass is 312 g/mol. The second-order valence-electron chi connectivity index (χ2n) is 6.60. The van der Waals surface area contributed by atoms with Crippen molar-refractivity contribution < 1.29 is 0 Å². The molecule has 0 atom stereocenters. The molecule has 2 aromatic rings. The lowest BCUT2D eigenvalue weighted by atomic mass is 10.1. The molecule has 0 fully saturated rings. The Kier molecular flexibility index (Phi) is 8.53. The van der Waals surface area contributed by atoms with Gasteiger partial charge in [0, 0.05) is 18.3 Å². The number of H-pyrrole nitrogens is 1. The van der Waals surface area contributed by atoms with Crippen LogP contribution in [-0.2, 0) is 12.8 Å². The summed E-state index contributed by atoms with van der Waals surface area (Å²) in [5, 5.41) is 0. The van der Waals surface area contributed by atoms with Crippen LogP contribution in [-0.4, -0.2) is 9.97 Å². The van der Waals surface area contributed by atoms with E-state index < -0.39 is 0 Å². The molecule has 0 bridgehead atoms. The fourth-order valence-electron chi connectivity index (χ4n) is 3.04. The average Bonchev–Trinajstić information content (AvgIpc) is 3.01. The minimum Gasteiger partial charge on any atom is -0.346 e. The van der Waals surface area contributed by atoms with Crippen LogP contribution in [0, 0.1) is 0 Å². The van der Waals surface area contributed by atoms with Crippen LogP contribution in [0.2, 0.25) is 0 Å². The van der Waals surface area contributed by atoms with Crippen molar-refractivity contribution in [3.05, 3.63) is 53.6 Å². The maximum absolute atomic E-state index is 4.51. The van der Waals surface area contributed by atoms with Crippen LogP contribution >= 0.6 is 0 Å². The normalized spacial score (nSPS) is 11.0. The Morgan fingerprint density at radius 1 is 0.826 bits per heavy atom. The molecule has 0 aliphatic heterocycles. The first kappa shape index (κ1) is 17.8. The highest BCUT2D eigenvalue weighted by molar-refractivity contribution is 5.19. The van der Waals surface area contributed by atoms with Crippen LogP contribution < -0.4 is 0 Å². The van der Waals surface area contributed by atoms with Crippen molar-refractivity contribution in [2.24, 2.45) is 0 Å². The summed E-state index contributed by atoms with van der Waals surface area (Å²) in [5.74, 6) is 1.09. The number of aromatic nitrogens is 2. The van der Waals surface area contributed by atoms with Crippen molar-refractivity contribution in [1.82, 2.24) is 9.97 Å². The molecule has 0 unspecified atom stereocenters. The molecule has 2 rings (SSSR count). The number of nitrogens with zero attached hydrogens (tertiary/aromatic N) is 1. The third-order valence-corrected chi connectivity index (χ3v) is 4.45. The summed E-state index contributed by atoms with van der Waals surface area (Å²) >= 11 is 0. The zero-order valence-electron chi connectivity index (χ0n) is 14.7. The van der Waals surface area contributed by atoms with Gasteiger partial charge in [-0.2, -0.15) is 0 Å². The van der Waals surface area contributed by atoms with E-state index in [1.165, 1.54) is 69.0 Å². The molecular formula is C21H32N2. The Hall–Kier alpha value is -1.57. The zero-order chi connectivity index (χ0) is 16.2. The summed E-state index contributed by atoms with van der Waals surface area (Å²) in [6.07, 6.45) is 16.5. The van der Waals surface area contributed by atoms with Gasteiger partial charge >= 0.3 is 0 Å². The van der Waals surface area contributed by atoms with Crippen LogP contribution in [0.25, 0.3) is 0 Å². The average molecular weight is 313 g/mol. The summed E-state index contributed by atoms with van der Waals surface area (Å²) in [5.41, 5.74) is 2.61. The number of hydrogen-bond acceptors (Lipinski definition) is 1. The fraction of sp³-hybridized carbons (Fsp3) is 0.571. The van der Waals surface area contributed by atoms with Gasteiger partial charge in [-0.15, -0.1) is 0 Å². The Morgan fingerprint density at radius 2 is 1.48 bits per heavy atom. The van der Waals surface area contributed by atoms with Gasteiger partial charge in [-0.05, 0) is 18.4 Å². The van der Waals surface area contributed by atoms with Crippen LogP contribution in [0.5, 0.6) is 0 Å². The van der Waals surface area contributed by atoms with Crippen LogP contribution in [0.15, 0.2) is 36.5 Å². The Balaban J connectivity index is 1.55. The molecule has 0 amide bonds. The first-order chi connectivity index (χ1) is 11.4. The van der Waals surface area contributed by atoms with Gasteiger partial charge < -0.3 is 4.98 Å². The smallest absolute Gasteiger partial charge is 0.110 e. The predicted molar refractivity (Wildman–Crippen MR) is 98.8 cm³/mol. The quantitative estimate of drug-likeness (QED) is 0.473. The number of aromatic amines is 1. The Labute approximate surface area is 141 Å². The Morgan fingerprint density at radius 3 is 2.17 bits per heavy atom. The lowest BCUT2D eigenvalue weighted by Crippen LogP contribution is -1.91. The molecular weight excluding hydrogens is 280 g/mol. The molecule has 0 spiro atoms. The maximum Gasteiger partial charge on any atom is 0.110 e. The molecule has 0 radical (unpaired) electrons. The van der Waals surface area contributed by atoms with E-state index in [0.29, 0.717) is 0 Å². The Bertz CT molecular complexity index is 516. The number of benzene rings is 1. The van der Waals surface area contributed by atoms with Crippen molar-refractivity contribution in [2.45, 2.75) is 77.6 Å². The molecule has 126 valence electrons. The van der Waals surface area contributed by atoms with E-state index in [0.717, 1.165) is 18.7 Å². The minimum atomic E-state index is 0.901. The molecule has 2 heteroatoms. The largest absolute Gasteiger partial charge is 0.346 e. The van der Waals surface area contributed by atoms with Gasteiger partial charge in [-0.1, -0.05) is 88.6 Å². The number of hydrogen-bond donors (Lipinski definition) is 1. The van der Waals surface area contributed by atoms with Crippen LogP contribution in [0.3, 0.4) is 0 Å². The highest BCUT2D eigenvalue weighted by Crippen LogP contribution is 2.12. The molecule has 0 saturated carbocycles. The highest BCUT2D eigenvalue weighted by atomic mass is 14.9. The van der Waals surface area contributed by atoms with Gasteiger partial charge in [0.25, 0.3) is 0 Å². The minimum absolute atomic E-state index is 0.901. The molecule has 1 heterocycles. The molecule has 2 nitrogen and oxygen atoms in total. The van der Waals surface area contributed by atoms with E-state index in [4.69, 9.17) is 0 Å². The van der Waals surface area contributed by atoms with E-state index in [9.17, 15) is 0 Å². The zero-order valence-corrected chi connectivity index (χ0v) is 14.7. The molecule has 0 saturated heterocycles. The van der Waals surface area contributed by atoms with Crippen molar-refractivity contribution in [2.75, 3.05) is 0 Å². The lowest BCUT2D eigenvalue weighted by Gasteiger charge is -2.01. The number of aryl methyl sites for hydroxylation is 1. The number of nitrogens with one attached hydrogen (secondary N) is 1. The van der Waals surface area contributed by atoms with E-state index >= 15 is 0 Å². The van der Waals surface area contributed by atoms with Gasteiger partial charge in [-0.3, -0.25) is 0 Å². The van der Waals surface area contributed by atoms with Crippen molar-refractivity contribution in [1.29, 1.82) is 0 Å². The molecule has 1 N–H and O–H groups in total. The second-order valence-corrected chi connectivity index (χ2v) is 6.60. The maximum atomic E-state index is 4.51. The van der Waals surface area contributed by atoms with E-state index in [2.05, 4.69) is 47.2 Å². The van der Waals surface area contributed by atoms with Crippen molar-refractivity contribution in [3.8, 4) is 0 Å². The van der Waals surface area contributed by atoms with Crippen molar-refractivity contribution >= 4 is 0 Å². The summed E-state index contributed by atoms with van der Waals surface area (Å²) < 4.78 is 0. The third-order valence-electron chi connectivity index (χ3n) is 4.45. The second kappa shape index (κ2) is 11.0. The lowest BCUT2D eigenvalue weighted by molar-refractivity contribution is 0.564. The van der Waals surface area contributed by atoms with Gasteiger partial charge in [0.15, 0.2) is 0 Å². The van der Waals surface area contributed by atoms with Crippen LogP contribution in [0.1, 0.15) is 81.8 Å². The van der Waals surface area contributed by atoms with Crippen LogP contribution in [0.4, 0.5) is 0 Å².